The van der Waals surface area contributed by atoms with Crippen molar-refractivity contribution in [3.8, 4) is 11.5 Å². The van der Waals surface area contributed by atoms with Gasteiger partial charge in [0.05, 0.1) is 18.4 Å². The van der Waals surface area contributed by atoms with Gasteiger partial charge in [0.25, 0.3) is 5.91 Å². The maximum absolute atomic E-state index is 13.9. The van der Waals surface area contributed by atoms with E-state index in [0.717, 1.165) is 36.3 Å². The van der Waals surface area contributed by atoms with Gasteiger partial charge >= 0.3 is 0 Å². The molecule has 0 radical (unpaired) electrons. The van der Waals surface area contributed by atoms with Crippen LogP contribution in [0.1, 0.15) is 27.7 Å². The van der Waals surface area contributed by atoms with Crippen LogP contribution in [0.3, 0.4) is 0 Å². The number of carbonyl (C=O) groups is 1. The molecule has 1 atom stereocenters. The molecule has 7 heteroatoms. The van der Waals surface area contributed by atoms with E-state index in [2.05, 4.69) is 43.8 Å². The molecule has 176 valence electrons. The molecule has 5 rings (SSSR count). The lowest BCUT2D eigenvalue weighted by atomic mass is 10.0. The second-order valence-electron chi connectivity index (χ2n) is 8.07. The molecule has 1 N–H and O–H groups in total. The summed E-state index contributed by atoms with van der Waals surface area (Å²) in [7, 11) is 1.62. The number of benzene rings is 4. The number of ether oxygens (including phenoxy) is 2. The zero-order chi connectivity index (χ0) is 24.4. The van der Waals surface area contributed by atoms with Crippen LogP contribution in [0, 0.1) is 3.57 Å². The zero-order valence-corrected chi connectivity index (χ0v) is 22.6. The molecule has 1 aliphatic rings. The molecule has 1 heterocycles. The lowest BCUT2D eigenvalue weighted by molar-refractivity contribution is 0.0974. The van der Waals surface area contributed by atoms with Crippen molar-refractivity contribution in [1.29, 1.82) is 0 Å². The van der Waals surface area contributed by atoms with Gasteiger partial charge in [0.2, 0.25) is 0 Å². The highest BCUT2D eigenvalue weighted by molar-refractivity contribution is 14.1. The number of rotatable bonds is 6. The zero-order valence-electron chi connectivity index (χ0n) is 18.9. The summed E-state index contributed by atoms with van der Waals surface area (Å²) < 4.78 is 13.4. The molecule has 0 spiro atoms. The van der Waals surface area contributed by atoms with Crippen LogP contribution in [-0.2, 0) is 6.61 Å². The van der Waals surface area contributed by atoms with Crippen molar-refractivity contribution in [2.45, 2.75) is 12.8 Å². The van der Waals surface area contributed by atoms with E-state index in [0.29, 0.717) is 17.9 Å². The minimum absolute atomic E-state index is 0.0852. The second kappa shape index (κ2) is 10.3. The Balaban J connectivity index is 1.56. The number of halogens is 2. The van der Waals surface area contributed by atoms with Crippen molar-refractivity contribution in [3.63, 3.8) is 0 Å². The first-order valence-electron chi connectivity index (χ1n) is 11.0. The number of anilines is 2. The third-order valence-electron chi connectivity index (χ3n) is 5.82. The van der Waals surface area contributed by atoms with Crippen LogP contribution >= 0.6 is 38.5 Å². The van der Waals surface area contributed by atoms with Crippen LogP contribution in [0.4, 0.5) is 11.4 Å². The van der Waals surface area contributed by atoms with Gasteiger partial charge in [0.1, 0.15) is 24.3 Å². The summed E-state index contributed by atoms with van der Waals surface area (Å²) >= 11 is 5.93. The van der Waals surface area contributed by atoms with Crippen LogP contribution in [0.15, 0.2) is 95.5 Å². The molecule has 0 saturated carbocycles. The van der Waals surface area contributed by atoms with Gasteiger partial charge < -0.3 is 14.8 Å². The van der Waals surface area contributed by atoms with E-state index < -0.39 is 6.17 Å². The van der Waals surface area contributed by atoms with Gasteiger partial charge in [-0.1, -0.05) is 52.3 Å². The highest BCUT2D eigenvalue weighted by Gasteiger charge is 2.35. The summed E-state index contributed by atoms with van der Waals surface area (Å²) in [6.07, 6.45) is -0.461. The third-order valence-corrected chi connectivity index (χ3v) is 7.22. The van der Waals surface area contributed by atoms with E-state index in [1.54, 1.807) is 12.0 Å². The molecule has 1 aliphatic heterocycles. The summed E-state index contributed by atoms with van der Waals surface area (Å²) in [5.41, 5.74) is 4.13. The second-order valence-corrected chi connectivity index (χ2v) is 10.2. The average Bonchev–Trinajstić information content (AvgIpc) is 2.89. The maximum Gasteiger partial charge on any atom is 0.262 e. The largest absolute Gasteiger partial charge is 0.497 e. The van der Waals surface area contributed by atoms with Crippen LogP contribution < -0.4 is 19.7 Å². The number of hydrogen-bond acceptors (Lipinski definition) is 4. The predicted molar refractivity (Wildman–Crippen MR) is 150 cm³/mol. The van der Waals surface area contributed by atoms with Crippen LogP contribution in [0.25, 0.3) is 0 Å². The Bertz CT molecular complexity index is 1380. The normalized spacial score (nSPS) is 14.8. The van der Waals surface area contributed by atoms with Crippen molar-refractivity contribution >= 4 is 55.8 Å². The monoisotopic (exact) mass is 640 g/mol. The van der Waals surface area contributed by atoms with Crippen LogP contribution in [0.5, 0.6) is 11.5 Å². The molecule has 4 aromatic rings. The van der Waals surface area contributed by atoms with Crippen LogP contribution in [0.2, 0.25) is 0 Å². The Morgan fingerprint density at radius 3 is 2.57 bits per heavy atom. The van der Waals surface area contributed by atoms with E-state index in [4.69, 9.17) is 9.47 Å². The highest BCUT2D eigenvalue weighted by atomic mass is 127. The third kappa shape index (κ3) is 5.01. The number of carbonyl (C=O) groups excluding carboxylic acids is 1. The molecule has 0 bridgehead atoms. The number of fused-ring (bicyclic) bond motifs is 1. The maximum atomic E-state index is 13.9. The molecule has 1 amide bonds. The van der Waals surface area contributed by atoms with Gasteiger partial charge in [0, 0.05) is 25.4 Å². The Kier molecular flexibility index (Phi) is 6.97. The van der Waals surface area contributed by atoms with Crippen molar-refractivity contribution in [2.24, 2.45) is 0 Å². The summed E-state index contributed by atoms with van der Waals surface area (Å²) in [5.74, 6) is 1.32. The molecule has 4 aromatic carbocycles. The summed E-state index contributed by atoms with van der Waals surface area (Å²) in [6, 6.07) is 29.3. The topological polar surface area (TPSA) is 50.8 Å². The first-order valence-corrected chi connectivity index (χ1v) is 12.9. The van der Waals surface area contributed by atoms with Gasteiger partial charge in [-0.05, 0) is 76.7 Å². The standard InChI is InChI=1S/C28H22BrIN2O3/c1-34-21-9-5-8-20(15-21)32-27(31-26-13-10-19(30)14-24(26)28(32)33)23-16-22(11-12-25(23)29)35-17-18-6-3-2-4-7-18/h2-16,27,31H,17H2,1H3/t27-/m0/s1. The fourth-order valence-corrected chi connectivity index (χ4v) is 5.04. The first-order chi connectivity index (χ1) is 17.0. The minimum Gasteiger partial charge on any atom is -0.497 e. The highest BCUT2D eigenvalue weighted by Crippen LogP contribution is 2.41. The van der Waals surface area contributed by atoms with E-state index in [9.17, 15) is 4.79 Å². The Morgan fingerprint density at radius 2 is 1.77 bits per heavy atom. The fraction of sp³-hybridized carbons (Fsp3) is 0.107. The van der Waals surface area contributed by atoms with E-state index in [1.807, 2.05) is 91.0 Å². The molecule has 5 nitrogen and oxygen atoms in total. The summed E-state index contributed by atoms with van der Waals surface area (Å²) in [5, 5.41) is 3.57. The minimum atomic E-state index is -0.461. The van der Waals surface area contributed by atoms with Crippen molar-refractivity contribution in [1.82, 2.24) is 0 Å². The van der Waals surface area contributed by atoms with Crippen molar-refractivity contribution < 1.29 is 14.3 Å². The lowest BCUT2D eigenvalue weighted by Gasteiger charge is -2.38. The van der Waals surface area contributed by atoms with Gasteiger partial charge in [-0.15, -0.1) is 0 Å². The Labute approximate surface area is 226 Å². The SMILES string of the molecule is COc1cccc(N2C(=O)c3cc(I)ccc3N[C@@H]2c2cc(OCc3ccccc3)ccc2Br)c1. The lowest BCUT2D eigenvalue weighted by Crippen LogP contribution is -2.43. The number of nitrogens with one attached hydrogen (secondary N) is 1. The number of methoxy groups -OCH3 is 1. The van der Waals surface area contributed by atoms with Crippen LogP contribution in [-0.4, -0.2) is 13.0 Å². The first kappa shape index (κ1) is 23.7. The summed E-state index contributed by atoms with van der Waals surface area (Å²) in [4.78, 5) is 15.6. The average molecular weight is 641 g/mol. The molecular formula is C28H22BrIN2O3. The van der Waals surface area contributed by atoms with Gasteiger partial charge in [-0.2, -0.15) is 0 Å². The smallest absolute Gasteiger partial charge is 0.262 e. The predicted octanol–water partition coefficient (Wildman–Crippen LogP) is 7.41. The molecule has 35 heavy (non-hydrogen) atoms. The fourth-order valence-electron chi connectivity index (χ4n) is 4.08. The van der Waals surface area contributed by atoms with Gasteiger partial charge in [0.15, 0.2) is 0 Å². The Hall–Kier alpha value is -3.04. The van der Waals surface area contributed by atoms with E-state index >= 15 is 0 Å². The molecule has 0 saturated heterocycles. The molecule has 0 unspecified atom stereocenters. The quantitative estimate of drug-likeness (QED) is 0.223. The number of hydrogen-bond donors (Lipinski definition) is 1. The summed E-state index contributed by atoms with van der Waals surface area (Å²) in [6.45, 7) is 0.458. The van der Waals surface area contributed by atoms with Crippen molar-refractivity contribution in [2.75, 3.05) is 17.3 Å². The van der Waals surface area contributed by atoms with E-state index in [1.165, 1.54) is 0 Å². The number of nitrogens with zero attached hydrogens (tertiary/aromatic N) is 1. The van der Waals surface area contributed by atoms with E-state index in [-0.39, 0.29) is 5.91 Å². The van der Waals surface area contributed by atoms with Crippen molar-refractivity contribution in [3.05, 3.63) is 116 Å². The molecule has 0 fully saturated rings. The van der Waals surface area contributed by atoms with Gasteiger partial charge in [-0.25, -0.2) is 0 Å². The van der Waals surface area contributed by atoms with Gasteiger partial charge in [-0.3, -0.25) is 9.69 Å². The number of amides is 1. The molecule has 0 aliphatic carbocycles. The molecule has 0 aromatic heterocycles. The molecular weight excluding hydrogens is 619 g/mol. The Morgan fingerprint density at radius 1 is 0.943 bits per heavy atom.